The molecule has 0 aliphatic rings. The summed E-state index contributed by atoms with van der Waals surface area (Å²) in [7, 11) is 3.76. The second kappa shape index (κ2) is 7.67. The maximum atomic E-state index is 12.7. The average Bonchev–Trinajstić information content (AvgIpc) is 3.11. The third kappa shape index (κ3) is 3.61. The summed E-state index contributed by atoms with van der Waals surface area (Å²) < 4.78 is 9.42. The van der Waals surface area contributed by atoms with Crippen molar-refractivity contribution in [1.82, 2.24) is 24.1 Å². The molecule has 0 unspecified atom stereocenters. The van der Waals surface area contributed by atoms with Gasteiger partial charge in [-0.05, 0) is 44.7 Å². The standard InChI is InChI=1S/C22H25N5O2/c1-15-9-10-18-17(13-15)21(28)26(4)22-24-23-20(27(18)22)14-25(3)11-12-29-19-8-6-5-7-16(19)2/h5-10,13H,11-12,14H2,1-4H3. The van der Waals surface area contributed by atoms with Crippen molar-refractivity contribution in [2.45, 2.75) is 20.4 Å². The third-order valence-electron chi connectivity index (χ3n) is 5.18. The van der Waals surface area contributed by atoms with Crippen molar-refractivity contribution in [1.29, 1.82) is 0 Å². The zero-order valence-corrected chi connectivity index (χ0v) is 17.2. The van der Waals surface area contributed by atoms with E-state index in [1.807, 2.05) is 67.8 Å². The smallest absolute Gasteiger partial charge is 0.262 e. The summed E-state index contributed by atoms with van der Waals surface area (Å²) >= 11 is 0. The van der Waals surface area contributed by atoms with Gasteiger partial charge in [-0.2, -0.15) is 0 Å². The second-order valence-corrected chi connectivity index (χ2v) is 7.49. The molecule has 4 aromatic rings. The van der Waals surface area contributed by atoms with E-state index in [9.17, 15) is 4.79 Å². The van der Waals surface area contributed by atoms with Gasteiger partial charge in [0.05, 0.1) is 17.4 Å². The van der Waals surface area contributed by atoms with Gasteiger partial charge >= 0.3 is 0 Å². The molecule has 0 saturated heterocycles. The highest BCUT2D eigenvalue weighted by atomic mass is 16.5. The first kappa shape index (κ1) is 19.1. The van der Waals surface area contributed by atoms with Gasteiger partial charge in [0.2, 0.25) is 5.78 Å². The molecular formula is C22H25N5O2. The normalized spacial score (nSPS) is 11.6. The summed E-state index contributed by atoms with van der Waals surface area (Å²) in [5.74, 6) is 2.25. The van der Waals surface area contributed by atoms with E-state index in [2.05, 4.69) is 15.1 Å². The summed E-state index contributed by atoms with van der Waals surface area (Å²) in [4.78, 5) is 14.8. The minimum Gasteiger partial charge on any atom is -0.492 e. The molecule has 7 nitrogen and oxygen atoms in total. The van der Waals surface area contributed by atoms with Crippen molar-refractivity contribution in [2.75, 3.05) is 20.2 Å². The van der Waals surface area contributed by atoms with Crippen LogP contribution in [0.1, 0.15) is 17.0 Å². The molecule has 2 heterocycles. The minimum absolute atomic E-state index is 0.0601. The molecule has 7 heteroatoms. The number of hydrogen-bond acceptors (Lipinski definition) is 5. The SMILES string of the molecule is Cc1ccc2c(c1)c(=O)n(C)c1nnc(CN(C)CCOc3ccccc3C)n21. The van der Waals surface area contributed by atoms with Gasteiger partial charge in [-0.1, -0.05) is 29.8 Å². The Hall–Kier alpha value is -3.19. The van der Waals surface area contributed by atoms with E-state index >= 15 is 0 Å². The molecule has 0 aliphatic heterocycles. The van der Waals surface area contributed by atoms with Crippen LogP contribution in [0.3, 0.4) is 0 Å². The van der Waals surface area contributed by atoms with Crippen LogP contribution in [-0.2, 0) is 13.6 Å². The number of fused-ring (bicyclic) bond motifs is 3. The van der Waals surface area contributed by atoms with E-state index in [0.29, 0.717) is 24.3 Å². The Morgan fingerprint density at radius 2 is 1.90 bits per heavy atom. The zero-order valence-electron chi connectivity index (χ0n) is 17.2. The molecule has 2 aromatic heterocycles. The van der Waals surface area contributed by atoms with Crippen LogP contribution in [-0.4, -0.2) is 44.3 Å². The number of aromatic nitrogens is 4. The monoisotopic (exact) mass is 391 g/mol. The van der Waals surface area contributed by atoms with Gasteiger partial charge < -0.3 is 4.74 Å². The molecule has 0 radical (unpaired) electrons. The summed E-state index contributed by atoms with van der Waals surface area (Å²) in [6.45, 7) is 5.94. The molecule has 0 bridgehead atoms. The highest BCUT2D eigenvalue weighted by Crippen LogP contribution is 2.17. The Bertz CT molecular complexity index is 1240. The Balaban J connectivity index is 1.57. The van der Waals surface area contributed by atoms with Crippen LogP contribution in [0.5, 0.6) is 5.75 Å². The molecule has 0 atom stereocenters. The minimum atomic E-state index is -0.0601. The fourth-order valence-electron chi connectivity index (χ4n) is 3.51. The average molecular weight is 391 g/mol. The largest absolute Gasteiger partial charge is 0.492 e. The van der Waals surface area contributed by atoms with Gasteiger partial charge in [-0.15, -0.1) is 10.2 Å². The lowest BCUT2D eigenvalue weighted by atomic mass is 10.1. The Morgan fingerprint density at radius 1 is 1.10 bits per heavy atom. The molecule has 0 saturated carbocycles. The predicted octanol–water partition coefficient (Wildman–Crippen LogP) is 2.71. The van der Waals surface area contributed by atoms with Crippen LogP contribution < -0.4 is 10.3 Å². The summed E-state index contributed by atoms with van der Waals surface area (Å²) in [6.07, 6.45) is 0. The third-order valence-corrected chi connectivity index (χ3v) is 5.18. The fourth-order valence-corrected chi connectivity index (χ4v) is 3.51. The second-order valence-electron chi connectivity index (χ2n) is 7.49. The van der Waals surface area contributed by atoms with Crippen LogP contribution in [0, 0.1) is 13.8 Å². The Kier molecular flexibility index (Phi) is 5.07. The van der Waals surface area contributed by atoms with Crippen molar-refractivity contribution < 1.29 is 4.74 Å². The Morgan fingerprint density at radius 3 is 2.69 bits per heavy atom. The topological polar surface area (TPSA) is 64.7 Å². The summed E-state index contributed by atoms with van der Waals surface area (Å²) in [6, 6.07) is 13.9. The number of nitrogens with zero attached hydrogens (tertiary/aromatic N) is 5. The number of hydrogen-bond donors (Lipinski definition) is 0. The predicted molar refractivity (Wildman–Crippen MR) is 113 cm³/mol. The summed E-state index contributed by atoms with van der Waals surface area (Å²) in [5.41, 5.74) is 2.95. The lowest BCUT2D eigenvalue weighted by Gasteiger charge is -2.17. The Labute approximate surface area is 169 Å². The number of rotatable bonds is 6. The van der Waals surface area contributed by atoms with Crippen molar-refractivity contribution in [3.63, 3.8) is 0 Å². The van der Waals surface area contributed by atoms with Crippen LogP contribution in [0.2, 0.25) is 0 Å². The van der Waals surface area contributed by atoms with Gasteiger partial charge in [-0.25, -0.2) is 0 Å². The maximum absolute atomic E-state index is 12.7. The number of para-hydroxylation sites is 1. The van der Waals surface area contributed by atoms with E-state index in [1.165, 1.54) is 0 Å². The van der Waals surface area contributed by atoms with Gasteiger partial charge in [0.1, 0.15) is 12.4 Å². The number of ether oxygens (including phenoxy) is 1. The van der Waals surface area contributed by atoms with E-state index in [0.717, 1.165) is 34.8 Å². The molecule has 0 fully saturated rings. The van der Waals surface area contributed by atoms with Gasteiger partial charge in [0, 0.05) is 13.6 Å². The van der Waals surface area contributed by atoms with Gasteiger partial charge in [-0.3, -0.25) is 18.7 Å². The van der Waals surface area contributed by atoms with E-state index < -0.39 is 0 Å². The number of likely N-dealkylation sites (N-methyl/N-ethyl adjacent to an activating group) is 1. The van der Waals surface area contributed by atoms with Crippen LogP contribution >= 0.6 is 0 Å². The van der Waals surface area contributed by atoms with E-state index in [-0.39, 0.29) is 5.56 Å². The van der Waals surface area contributed by atoms with Crippen molar-refractivity contribution in [2.24, 2.45) is 7.05 Å². The molecule has 2 aromatic carbocycles. The lowest BCUT2D eigenvalue weighted by Crippen LogP contribution is -2.26. The van der Waals surface area contributed by atoms with Crippen LogP contribution in [0.4, 0.5) is 0 Å². The van der Waals surface area contributed by atoms with Crippen molar-refractivity contribution in [3.8, 4) is 5.75 Å². The lowest BCUT2D eigenvalue weighted by molar-refractivity contribution is 0.228. The molecule has 0 aliphatic carbocycles. The zero-order chi connectivity index (χ0) is 20.5. The number of aryl methyl sites for hydroxylation is 3. The molecule has 4 rings (SSSR count). The van der Waals surface area contributed by atoms with Crippen molar-refractivity contribution >= 4 is 16.7 Å². The van der Waals surface area contributed by atoms with E-state index in [4.69, 9.17) is 4.74 Å². The molecular weight excluding hydrogens is 366 g/mol. The quantitative estimate of drug-likeness (QED) is 0.506. The van der Waals surface area contributed by atoms with Crippen LogP contribution in [0.15, 0.2) is 47.3 Å². The number of benzene rings is 2. The molecule has 29 heavy (non-hydrogen) atoms. The molecule has 0 N–H and O–H groups in total. The first-order valence-electron chi connectivity index (χ1n) is 9.66. The van der Waals surface area contributed by atoms with Gasteiger partial charge in [0.15, 0.2) is 5.82 Å². The van der Waals surface area contributed by atoms with Crippen LogP contribution in [0.25, 0.3) is 16.7 Å². The highest BCUT2D eigenvalue weighted by Gasteiger charge is 2.16. The van der Waals surface area contributed by atoms with E-state index in [1.54, 1.807) is 11.6 Å². The highest BCUT2D eigenvalue weighted by molar-refractivity contribution is 5.81. The van der Waals surface area contributed by atoms with Crippen molar-refractivity contribution in [3.05, 3.63) is 69.8 Å². The molecule has 0 amide bonds. The first-order chi connectivity index (χ1) is 14.0. The summed E-state index contributed by atoms with van der Waals surface area (Å²) in [5, 5.41) is 9.30. The fraction of sp³-hybridized carbons (Fsp3) is 0.318. The molecule has 0 spiro atoms. The first-order valence-corrected chi connectivity index (χ1v) is 9.66. The van der Waals surface area contributed by atoms with Gasteiger partial charge in [0.25, 0.3) is 5.56 Å². The molecule has 150 valence electrons. The maximum Gasteiger partial charge on any atom is 0.262 e.